The van der Waals surface area contributed by atoms with Gasteiger partial charge in [-0.1, -0.05) is 6.07 Å². The highest BCUT2D eigenvalue weighted by molar-refractivity contribution is 7.89. The topological polar surface area (TPSA) is 130 Å². The van der Waals surface area contributed by atoms with E-state index < -0.39 is 28.1 Å². The molecule has 0 spiro atoms. The molecule has 9 heteroatoms. The fraction of sp³-hybridized carbons (Fsp3) is 0.333. The Kier molecular flexibility index (Phi) is 4.14. The van der Waals surface area contributed by atoms with Gasteiger partial charge in [-0.25, -0.2) is 23.1 Å². The van der Waals surface area contributed by atoms with Gasteiger partial charge >= 0.3 is 12.0 Å². The molecule has 8 nitrogen and oxygen atoms in total. The van der Waals surface area contributed by atoms with Gasteiger partial charge in [-0.05, 0) is 31.0 Å². The van der Waals surface area contributed by atoms with Crippen LogP contribution >= 0.6 is 0 Å². The van der Waals surface area contributed by atoms with Crippen LogP contribution in [0, 0.1) is 0 Å². The molecule has 0 aromatic heterocycles. The number of nitrogens with zero attached hydrogens (tertiary/aromatic N) is 1. The minimum Gasteiger partial charge on any atom is -0.480 e. The molecule has 1 heterocycles. The Balaban J connectivity index is 2.15. The Morgan fingerprint density at radius 3 is 2.71 bits per heavy atom. The van der Waals surface area contributed by atoms with Crippen molar-refractivity contribution < 1.29 is 23.1 Å². The fourth-order valence-electron chi connectivity index (χ4n) is 2.21. The number of nitrogens with two attached hydrogens (primary N) is 1. The van der Waals surface area contributed by atoms with Gasteiger partial charge < -0.3 is 15.3 Å². The van der Waals surface area contributed by atoms with Gasteiger partial charge in [-0.2, -0.15) is 0 Å². The van der Waals surface area contributed by atoms with Crippen LogP contribution in [0.1, 0.15) is 12.8 Å². The van der Waals surface area contributed by atoms with Crippen molar-refractivity contribution in [2.24, 2.45) is 5.14 Å². The molecule has 2 rings (SSSR count). The van der Waals surface area contributed by atoms with E-state index >= 15 is 0 Å². The first-order valence-electron chi connectivity index (χ1n) is 6.22. The molecule has 4 N–H and O–H groups in total. The van der Waals surface area contributed by atoms with E-state index in [2.05, 4.69) is 5.32 Å². The minimum absolute atomic E-state index is 0.128. The van der Waals surface area contributed by atoms with E-state index in [1.54, 1.807) is 0 Å². The zero-order valence-electron chi connectivity index (χ0n) is 11.0. The van der Waals surface area contributed by atoms with Crippen molar-refractivity contribution >= 4 is 27.7 Å². The zero-order valence-corrected chi connectivity index (χ0v) is 11.8. The summed E-state index contributed by atoms with van der Waals surface area (Å²) >= 11 is 0. The second-order valence-corrected chi connectivity index (χ2v) is 6.25. The van der Waals surface area contributed by atoms with Gasteiger partial charge in [0.25, 0.3) is 0 Å². The molecule has 1 fully saturated rings. The van der Waals surface area contributed by atoms with E-state index in [4.69, 9.17) is 10.2 Å². The van der Waals surface area contributed by atoms with Crippen molar-refractivity contribution in [3.05, 3.63) is 24.3 Å². The van der Waals surface area contributed by atoms with Crippen molar-refractivity contribution in [1.29, 1.82) is 0 Å². The highest BCUT2D eigenvalue weighted by Crippen LogP contribution is 2.20. The standard InChI is InChI=1S/C12H15N3O5S/c13-21(19,20)9-4-1-3-8(7-9)14-12(18)15-6-2-5-10(15)11(16)17/h1,3-4,7,10H,2,5-6H2,(H,14,18)(H,16,17)(H2,13,19,20). The average Bonchev–Trinajstić information content (AvgIpc) is 2.87. The quantitative estimate of drug-likeness (QED) is 0.744. The van der Waals surface area contributed by atoms with Crippen LogP contribution in [0.4, 0.5) is 10.5 Å². The molecule has 0 radical (unpaired) electrons. The number of amides is 2. The van der Waals surface area contributed by atoms with Gasteiger partial charge in [0.05, 0.1) is 4.90 Å². The number of sulfonamides is 1. The Morgan fingerprint density at radius 1 is 1.38 bits per heavy atom. The normalized spacial score (nSPS) is 18.5. The van der Waals surface area contributed by atoms with Crippen LogP contribution in [0.15, 0.2) is 29.2 Å². The maximum Gasteiger partial charge on any atom is 0.326 e. The van der Waals surface area contributed by atoms with Crippen LogP contribution in [0.25, 0.3) is 0 Å². The number of likely N-dealkylation sites (tertiary alicyclic amines) is 1. The number of urea groups is 1. The van der Waals surface area contributed by atoms with E-state index in [1.807, 2.05) is 0 Å². The lowest BCUT2D eigenvalue weighted by Crippen LogP contribution is -2.42. The molecule has 1 aromatic rings. The number of hydrogen-bond acceptors (Lipinski definition) is 4. The summed E-state index contributed by atoms with van der Waals surface area (Å²) in [5, 5.41) is 16.5. The Labute approximate surface area is 121 Å². The van der Waals surface area contributed by atoms with Gasteiger partial charge in [0.15, 0.2) is 0 Å². The number of carboxylic acids is 1. The molecule has 0 saturated carbocycles. The maximum absolute atomic E-state index is 12.1. The Hall–Kier alpha value is -2.13. The zero-order chi connectivity index (χ0) is 15.6. The fourth-order valence-corrected chi connectivity index (χ4v) is 2.77. The van der Waals surface area contributed by atoms with Crippen molar-refractivity contribution in [2.75, 3.05) is 11.9 Å². The molecule has 1 atom stereocenters. The number of aliphatic carboxylic acids is 1. The Morgan fingerprint density at radius 2 is 2.10 bits per heavy atom. The third-order valence-electron chi connectivity index (χ3n) is 3.21. The molecule has 21 heavy (non-hydrogen) atoms. The number of primary sulfonamides is 1. The van der Waals surface area contributed by atoms with Gasteiger partial charge in [0.1, 0.15) is 6.04 Å². The van der Waals surface area contributed by atoms with Crippen LogP contribution in [-0.2, 0) is 14.8 Å². The van der Waals surface area contributed by atoms with Crippen molar-refractivity contribution in [1.82, 2.24) is 4.90 Å². The molecule has 2 amide bonds. The van der Waals surface area contributed by atoms with Crippen LogP contribution in [0.2, 0.25) is 0 Å². The van der Waals surface area contributed by atoms with Crippen LogP contribution in [-0.4, -0.2) is 43.0 Å². The molecule has 1 aliphatic rings. The smallest absolute Gasteiger partial charge is 0.326 e. The second-order valence-electron chi connectivity index (χ2n) is 4.69. The predicted molar refractivity (Wildman–Crippen MR) is 74.2 cm³/mol. The summed E-state index contributed by atoms with van der Waals surface area (Å²) in [6.45, 7) is 0.345. The molecule has 0 aliphatic carbocycles. The van der Waals surface area contributed by atoms with Gasteiger partial charge in [-0.3, -0.25) is 0 Å². The summed E-state index contributed by atoms with van der Waals surface area (Å²) in [6, 6.07) is 4.03. The third kappa shape index (κ3) is 3.50. The van der Waals surface area contributed by atoms with Crippen LogP contribution in [0.5, 0.6) is 0 Å². The highest BCUT2D eigenvalue weighted by atomic mass is 32.2. The summed E-state index contributed by atoms with van der Waals surface area (Å²) in [7, 11) is -3.86. The summed E-state index contributed by atoms with van der Waals surface area (Å²) in [4.78, 5) is 24.2. The first-order chi connectivity index (χ1) is 9.79. The number of hydrogen-bond donors (Lipinski definition) is 3. The monoisotopic (exact) mass is 313 g/mol. The molecule has 114 valence electrons. The number of benzene rings is 1. The van der Waals surface area contributed by atoms with E-state index in [9.17, 15) is 18.0 Å². The van der Waals surface area contributed by atoms with Gasteiger partial charge in [-0.15, -0.1) is 0 Å². The first-order valence-corrected chi connectivity index (χ1v) is 7.77. The Bertz CT molecular complexity index is 673. The molecular weight excluding hydrogens is 298 g/mol. The number of carbonyl (C=O) groups excluding carboxylic acids is 1. The number of carbonyl (C=O) groups is 2. The highest BCUT2D eigenvalue weighted by Gasteiger charge is 2.34. The summed E-state index contributed by atoms with van der Waals surface area (Å²) in [5.74, 6) is -1.05. The third-order valence-corrected chi connectivity index (χ3v) is 4.12. The number of rotatable bonds is 3. The number of anilines is 1. The minimum atomic E-state index is -3.86. The molecule has 1 aliphatic heterocycles. The first kappa shape index (κ1) is 15.3. The molecular formula is C12H15N3O5S. The van der Waals surface area contributed by atoms with Crippen molar-refractivity contribution in [2.45, 2.75) is 23.8 Å². The van der Waals surface area contributed by atoms with E-state index in [1.165, 1.54) is 29.2 Å². The van der Waals surface area contributed by atoms with Crippen molar-refractivity contribution in [3.63, 3.8) is 0 Å². The summed E-state index contributed by atoms with van der Waals surface area (Å²) < 4.78 is 22.5. The summed E-state index contributed by atoms with van der Waals surface area (Å²) in [5.41, 5.74) is 0.238. The molecule has 1 aromatic carbocycles. The SMILES string of the molecule is NS(=O)(=O)c1cccc(NC(=O)N2CCCC2C(=O)O)c1. The lowest BCUT2D eigenvalue weighted by atomic mass is 10.2. The van der Waals surface area contributed by atoms with Crippen LogP contribution in [0.3, 0.4) is 0 Å². The lowest BCUT2D eigenvalue weighted by molar-refractivity contribution is -0.141. The average molecular weight is 313 g/mol. The van der Waals surface area contributed by atoms with E-state index in [0.29, 0.717) is 19.4 Å². The predicted octanol–water partition coefficient (Wildman–Crippen LogP) is 0.415. The largest absolute Gasteiger partial charge is 0.480 e. The van der Waals surface area contributed by atoms with Crippen LogP contribution < -0.4 is 10.5 Å². The van der Waals surface area contributed by atoms with E-state index in [0.717, 1.165) is 0 Å². The summed E-state index contributed by atoms with van der Waals surface area (Å²) in [6.07, 6.45) is 1.02. The molecule has 1 unspecified atom stereocenters. The lowest BCUT2D eigenvalue weighted by Gasteiger charge is -2.21. The maximum atomic E-state index is 12.1. The molecule has 0 bridgehead atoms. The number of nitrogens with one attached hydrogen (secondary N) is 1. The molecule has 1 saturated heterocycles. The second kappa shape index (κ2) is 5.70. The van der Waals surface area contributed by atoms with Gasteiger partial charge in [0, 0.05) is 12.2 Å². The number of carboxylic acid groups (broad SMARTS) is 1. The van der Waals surface area contributed by atoms with Crippen molar-refractivity contribution in [3.8, 4) is 0 Å². The van der Waals surface area contributed by atoms with E-state index in [-0.39, 0.29) is 10.6 Å². The van der Waals surface area contributed by atoms with Gasteiger partial charge in [0.2, 0.25) is 10.0 Å².